The van der Waals surface area contributed by atoms with E-state index in [-0.39, 0.29) is 0 Å². The summed E-state index contributed by atoms with van der Waals surface area (Å²) in [6, 6.07) is 77.5. The molecular weight excluding hydrogens is 627 g/mol. The van der Waals surface area contributed by atoms with Crippen LogP contribution in [-0.2, 0) is 5.41 Å². The number of nitrogens with zero attached hydrogens (tertiary/aromatic N) is 1. The number of para-hydroxylation sites is 1. The molecule has 10 rings (SSSR count). The van der Waals surface area contributed by atoms with E-state index in [4.69, 9.17) is 0 Å². The monoisotopic (exact) mass is 661 g/mol. The van der Waals surface area contributed by atoms with Gasteiger partial charge in [0.05, 0.1) is 5.41 Å². The Balaban J connectivity index is 1.04. The predicted molar refractivity (Wildman–Crippen MR) is 219 cm³/mol. The van der Waals surface area contributed by atoms with E-state index < -0.39 is 5.41 Å². The predicted octanol–water partition coefficient (Wildman–Crippen LogP) is 13.5. The van der Waals surface area contributed by atoms with Crippen LogP contribution in [0.1, 0.15) is 22.3 Å². The molecule has 0 amide bonds. The topological polar surface area (TPSA) is 3.24 Å². The lowest BCUT2D eigenvalue weighted by atomic mass is 9.67. The van der Waals surface area contributed by atoms with Crippen molar-refractivity contribution in [2.75, 3.05) is 4.90 Å². The van der Waals surface area contributed by atoms with E-state index in [0.29, 0.717) is 0 Å². The zero-order chi connectivity index (χ0) is 34.5. The SMILES string of the molecule is c1ccc(-c2ccc(N(c3ccccc3)c3ccc(-c4ccc(C5(c6ccccc6)c6cccc7ccc8cccc5c8c67)cc4)cc3)cc2)cc1. The molecule has 0 radical (unpaired) electrons. The molecular formula is C51H35N. The molecule has 0 N–H and O–H groups in total. The Morgan fingerprint density at radius 2 is 0.654 bits per heavy atom. The molecule has 0 bridgehead atoms. The Kier molecular flexibility index (Phi) is 7.11. The summed E-state index contributed by atoms with van der Waals surface area (Å²) in [5.41, 5.74) is 13.1. The third-order valence-corrected chi connectivity index (χ3v) is 10.9. The molecule has 0 unspecified atom stereocenters. The molecule has 0 aliphatic heterocycles. The average molecular weight is 662 g/mol. The molecule has 9 aromatic carbocycles. The maximum absolute atomic E-state index is 2.35. The first-order chi connectivity index (χ1) is 25.8. The molecule has 0 saturated heterocycles. The van der Waals surface area contributed by atoms with Crippen LogP contribution in [0.15, 0.2) is 212 Å². The van der Waals surface area contributed by atoms with Crippen LogP contribution in [0.5, 0.6) is 0 Å². The molecule has 1 nitrogen and oxygen atoms in total. The van der Waals surface area contributed by atoms with Gasteiger partial charge in [-0.1, -0.05) is 176 Å². The smallest absolute Gasteiger partial charge is 0.0714 e. The van der Waals surface area contributed by atoms with Crippen LogP contribution in [0.25, 0.3) is 43.8 Å². The maximum atomic E-state index is 2.35. The second kappa shape index (κ2) is 12.3. The summed E-state index contributed by atoms with van der Waals surface area (Å²) in [7, 11) is 0. The number of anilines is 3. The van der Waals surface area contributed by atoms with Gasteiger partial charge in [-0.15, -0.1) is 0 Å². The second-order valence-corrected chi connectivity index (χ2v) is 13.7. The van der Waals surface area contributed by atoms with Gasteiger partial charge in [-0.05, 0) is 102 Å². The van der Waals surface area contributed by atoms with E-state index in [2.05, 4.69) is 217 Å². The van der Waals surface area contributed by atoms with E-state index in [1.54, 1.807) is 0 Å². The lowest BCUT2D eigenvalue weighted by molar-refractivity contribution is 0.771. The quantitative estimate of drug-likeness (QED) is 0.154. The first-order valence-corrected chi connectivity index (χ1v) is 18.0. The van der Waals surface area contributed by atoms with Gasteiger partial charge in [0.15, 0.2) is 0 Å². The summed E-state index contributed by atoms with van der Waals surface area (Å²) >= 11 is 0. The third kappa shape index (κ3) is 4.71. The number of hydrogen-bond acceptors (Lipinski definition) is 1. The van der Waals surface area contributed by atoms with Gasteiger partial charge in [0.1, 0.15) is 0 Å². The highest BCUT2D eigenvalue weighted by Gasteiger charge is 2.44. The maximum Gasteiger partial charge on any atom is 0.0714 e. The average Bonchev–Trinajstić information content (AvgIpc) is 3.54. The van der Waals surface area contributed by atoms with Crippen molar-refractivity contribution in [2.45, 2.75) is 5.41 Å². The Hall–Kier alpha value is -6.70. The molecule has 52 heavy (non-hydrogen) atoms. The highest BCUT2D eigenvalue weighted by molar-refractivity contribution is 6.16. The molecule has 0 spiro atoms. The zero-order valence-electron chi connectivity index (χ0n) is 28.7. The largest absolute Gasteiger partial charge is 0.311 e. The Morgan fingerprint density at radius 3 is 1.15 bits per heavy atom. The van der Waals surface area contributed by atoms with E-state index in [1.165, 1.54) is 66.1 Å². The first-order valence-electron chi connectivity index (χ1n) is 18.0. The standard InChI is InChI=1S/C51H35N/c1-4-12-36(13-5-1)38-26-32-45(33-27-38)52(44-18-8-3-9-19-44)46-34-28-39(29-35-46)37-24-30-43(31-25-37)51(42-16-6-2-7-17-42)47-20-10-14-40-22-23-41-15-11-21-48(51)50(41)49(40)47/h1-35H. The molecule has 0 aromatic heterocycles. The minimum absolute atomic E-state index is 0.404. The van der Waals surface area contributed by atoms with Crippen LogP contribution in [0.4, 0.5) is 17.1 Å². The molecule has 1 heteroatoms. The van der Waals surface area contributed by atoms with Crippen molar-refractivity contribution in [3.05, 3.63) is 235 Å². The number of benzene rings is 9. The van der Waals surface area contributed by atoms with E-state index in [0.717, 1.165) is 17.1 Å². The van der Waals surface area contributed by atoms with E-state index in [1.807, 2.05) is 0 Å². The fourth-order valence-corrected chi connectivity index (χ4v) is 8.58. The van der Waals surface area contributed by atoms with Crippen molar-refractivity contribution >= 4 is 38.6 Å². The van der Waals surface area contributed by atoms with Crippen molar-refractivity contribution in [3.63, 3.8) is 0 Å². The van der Waals surface area contributed by atoms with Gasteiger partial charge < -0.3 is 4.90 Å². The van der Waals surface area contributed by atoms with Crippen LogP contribution < -0.4 is 4.90 Å². The van der Waals surface area contributed by atoms with Gasteiger partial charge in [0, 0.05) is 17.1 Å². The van der Waals surface area contributed by atoms with Crippen molar-refractivity contribution in [2.24, 2.45) is 0 Å². The Labute approximate surface area is 304 Å². The summed E-state index contributed by atoms with van der Waals surface area (Å²) in [6.45, 7) is 0. The van der Waals surface area contributed by atoms with Gasteiger partial charge in [-0.3, -0.25) is 0 Å². The van der Waals surface area contributed by atoms with Crippen molar-refractivity contribution in [1.29, 1.82) is 0 Å². The lowest BCUT2D eigenvalue weighted by Crippen LogP contribution is -2.28. The highest BCUT2D eigenvalue weighted by atomic mass is 15.1. The summed E-state index contributed by atoms with van der Waals surface area (Å²) in [4.78, 5) is 2.32. The third-order valence-electron chi connectivity index (χ3n) is 10.9. The van der Waals surface area contributed by atoms with Crippen LogP contribution in [0.3, 0.4) is 0 Å². The fourth-order valence-electron chi connectivity index (χ4n) is 8.58. The van der Waals surface area contributed by atoms with Crippen molar-refractivity contribution in [3.8, 4) is 22.3 Å². The number of hydrogen-bond donors (Lipinski definition) is 0. The van der Waals surface area contributed by atoms with E-state index in [9.17, 15) is 0 Å². The molecule has 0 atom stereocenters. The lowest BCUT2D eigenvalue weighted by Gasteiger charge is -2.34. The number of rotatable bonds is 7. The Morgan fingerprint density at radius 1 is 0.269 bits per heavy atom. The summed E-state index contributed by atoms with van der Waals surface area (Å²) in [6.07, 6.45) is 0. The molecule has 0 fully saturated rings. The second-order valence-electron chi connectivity index (χ2n) is 13.7. The summed E-state index contributed by atoms with van der Waals surface area (Å²) in [5, 5.41) is 5.33. The van der Waals surface area contributed by atoms with Gasteiger partial charge in [0.25, 0.3) is 0 Å². The molecule has 0 saturated carbocycles. The van der Waals surface area contributed by atoms with Gasteiger partial charge in [-0.2, -0.15) is 0 Å². The molecule has 9 aromatic rings. The minimum atomic E-state index is -0.404. The normalized spacial score (nSPS) is 12.8. The molecule has 0 heterocycles. The van der Waals surface area contributed by atoms with Crippen molar-refractivity contribution in [1.82, 2.24) is 0 Å². The Bertz CT molecular complexity index is 2620. The highest BCUT2D eigenvalue weighted by Crippen LogP contribution is 2.55. The van der Waals surface area contributed by atoms with Gasteiger partial charge in [0.2, 0.25) is 0 Å². The van der Waals surface area contributed by atoms with Gasteiger partial charge in [-0.25, -0.2) is 0 Å². The van der Waals surface area contributed by atoms with E-state index >= 15 is 0 Å². The summed E-state index contributed by atoms with van der Waals surface area (Å²) in [5.74, 6) is 0. The van der Waals surface area contributed by atoms with Crippen LogP contribution in [0.2, 0.25) is 0 Å². The van der Waals surface area contributed by atoms with Gasteiger partial charge >= 0.3 is 0 Å². The zero-order valence-corrected chi connectivity index (χ0v) is 28.7. The summed E-state index contributed by atoms with van der Waals surface area (Å²) < 4.78 is 0. The van der Waals surface area contributed by atoms with Crippen molar-refractivity contribution < 1.29 is 0 Å². The molecule has 1 aliphatic rings. The van der Waals surface area contributed by atoms with Crippen LogP contribution in [-0.4, -0.2) is 0 Å². The van der Waals surface area contributed by atoms with Crippen LogP contribution in [0, 0.1) is 0 Å². The molecule has 1 aliphatic carbocycles. The van der Waals surface area contributed by atoms with Crippen LogP contribution >= 0.6 is 0 Å². The minimum Gasteiger partial charge on any atom is -0.311 e. The fraction of sp³-hybridized carbons (Fsp3) is 0.0196. The first kappa shape index (κ1) is 30.2. The molecule has 244 valence electrons.